The average molecular weight is 273 g/mol. The second-order valence-corrected chi connectivity index (χ2v) is 4.68. The Labute approximate surface area is 111 Å². The van der Waals surface area contributed by atoms with Crippen LogP contribution < -0.4 is 0 Å². The third kappa shape index (κ3) is 4.80. The summed E-state index contributed by atoms with van der Waals surface area (Å²) in [5.74, 6) is -1.29. The number of halogens is 2. The van der Waals surface area contributed by atoms with Crippen molar-refractivity contribution >= 4 is 29.2 Å². The summed E-state index contributed by atoms with van der Waals surface area (Å²) in [7, 11) is 0. The fourth-order valence-corrected chi connectivity index (χ4v) is 1.93. The number of hydrogen-bond acceptors (Lipinski definition) is 1. The van der Waals surface area contributed by atoms with Crippen molar-refractivity contribution < 1.29 is 9.90 Å². The third-order valence-electron chi connectivity index (χ3n) is 2.48. The van der Waals surface area contributed by atoms with E-state index in [1.165, 1.54) is 5.54 Å². The number of rotatable bonds is 5. The highest BCUT2D eigenvalue weighted by Crippen LogP contribution is 2.20. The van der Waals surface area contributed by atoms with Crippen LogP contribution in [0.1, 0.15) is 18.9 Å². The first kappa shape index (κ1) is 14.1. The van der Waals surface area contributed by atoms with Crippen LogP contribution in [0.25, 0.3) is 0 Å². The van der Waals surface area contributed by atoms with Gasteiger partial charge in [0, 0.05) is 10.6 Å². The predicted molar refractivity (Wildman–Crippen MR) is 70.5 cm³/mol. The molecule has 1 unspecified atom stereocenters. The van der Waals surface area contributed by atoms with Crippen LogP contribution in [0, 0.1) is 5.92 Å². The van der Waals surface area contributed by atoms with E-state index in [0.717, 1.165) is 11.1 Å². The molecule has 2 nitrogen and oxygen atoms in total. The minimum absolute atomic E-state index is 0.450. The molecule has 0 saturated carbocycles. The van der Waals surface area contributed by atoms with E-state index in [9.17, 15) is 4.79 Å². The average Bonchev–Trinajstić information content (AvgIpc) is 2.27. The number of carboxylic acids is 1. The first-order chi connectivity index (χ1) is 8.02. The van der Waals surface area contributed by atoms with Crippen LogP contribution in [0.3, 0.4) is 0 Å². The summed E-state index contributed by atoms with van der Waals surface area (Å²) in [4.78, 5) is 11.1. The number of allylic oxidation sites excluding steroid dienone is 1. The number of carbonyl (C=O) groups is 1. The Morgan fingerprint density at radius 2 is 2.24 bits per heavy atom. The van der Waals surface area contributed by atoms with Crippen LogP contribution in [0.5, 0.6) is 0 Å². The van der Waals surface area contributed by atoms with E-state index < -0.39 is 11.9 Å². The Hall–Kier alpha value is -0.990. The lowest BCUT2D eigenvalue weighted by Crippen LogP contribution is -2.16. The van der Waals surface area contributed by atoms with E-state index in [1.807, 2.05) is 19.1 Å². The molecule has 1 rings (SSSR count). The first-order valence-corrected chi connectivity index (χ1v) is 6.07. The van der Waals surface area contributed by atoms with E-state index in [4.69, 9.17) is 28.3 Å². The van der Waals surface area contributed by atoms with Crippen molar-refractivity contribution in [2.45, 2.75) is 19.8 Å². The zero-order chi connectivity index (χ0) is 12.8. The van der Waals surface area contributed by atoms with Crippen LogP contribution in [0.15, 0.2) is 35.4 Å². The van der Waals surface area contributed by atoms with Gasteiger partial charge in [-0.2, -0.15) is 0 Å². The molecule has 0 amide bonds. The van der Waals surface area contributed by atoms with Gasteiger partial charge in [-0.1, -0.05) is 40.9 Å². The van der Waals surface area contributed by atoms with E-state index >= 15 is 0 Å². The van der Waals surface area contributed by atoms with Crippen molar-refractivity contribution in [1.29, 1.82) is 0 Å². The lowest BCUT2D eigenvalue weighted by molar-refractivity contribution is -0.141. The number of benzene rings is 1. The minimum atomic E-state index is -0.817. The van der Waals surface area contributed by atoms with E-state index in [1.54, 1.807) is 12.1 Å². The van der Waals surface area contributed by atoms with Crippen molar-refractivity contribution in [3.05, 3.63) is 46.0 Å². The fourth-order valence-electron chi connectivity index (χ4n) is 1.63. The highest BCUT2D eigenvalue weighted by molar-refractivity contribution is 6.30. The molecule has 1 aromatic carbocycles. The molecule has 4 heteroatoms. The van der Waals surface area contributed by atoms with Crippen LogP contribution in [0.4, 0.5) is 0 Å². The van der Waals surface area contributed by atoms with Crippen molar-refractivity contribution in [3.63, 3.8) is 0 Å². The summed E-state index contributed by atoms with van der Waals surface area (Å²) < 4.78 is 0. The summed E-state index contributed by atoms with van der Waals surface area (Å²) in [5.41, 5.74) is 3.21. The van der Waals surface area contributed by atoms with Crippen LogP contribution in [0.2, 0.25) is 5.02 Å². The van der Waals surface area contributed by atoms with E-state index in [0.29, 0.717) is 17.9 Å². The van der Waals surface area contributed by atoms with Crippen LogP contribution in [-0.4, -0.2) is 11.1 Å². The molecule has 0 spiro atoms. The van der Waals surface area contributed by atoms with Gasteiger partial charge in [0.15, 0.2) is 0 Å². The Kier molecular flexibility index (Phi) is 5.52. The summed E-state index contributed by atoms with van der Waals surface area (Å²) in [6.07, 6.45) is 0.906. The first-order valence-electron chi connectivity index (χ1n) is 5.26. The largest absolute Gasteiger partial charge is 0.481 e. The molecule has 0 heterocycles. The second-order valence-electron chi connectivity index (χ2n) is 4.03. The van der Waals surface area contributed by atoms with E-state index in [-0.39, 0.29) is 0 Å². The van der Waals surface area contributed by atoms with Crippen molar-refractivity contribution in [3.8, 4) is 0 Å². The van der Waals surface area contributed by atoms with Crippen LogP contribution >= 0.6 is 23.2 Å². The quantitative estimate of drug-likeness (QED) is 0.876. The van der Waals surface area contributed by atoms with Gasteiger partial charge in [0.05, 0.1) is 5.92 Å². The minimum Gasteiger partial charge on any atom is -0.481 e. The van der Waals surface area contributed by atoms with Gasteiger partial charge in [0.2, 0.25) is 0 Å². The smallest absolute Gasteiger partial charge is 0.307 e. The topological polar surface area (TPSA) is 37.3 Å². The standard InChI is InChI=1S/C13H14Cl2O2/c1-9(8-14)5-11(13(16)17)6-10-3-2-4-12(15)7-10/h2-4,7-8,11H,5-6H2,1H3,(H,16,17)/b9-8-. The van der Waals surface area contributed by atoms with Crippen molar-refractivity contribution in [2.24, 2.45) is 5.92 Å². The Bertz CT molecular complexity index is 427. The predicted octanol–water partition coefficient (Wildman–Crippen LogP) is 4.12. The molecule has 0 saturated heterocycles. The summed E-state index contributed by atoms with van der Waals surface area (Å²) >= 11 is 11.4. The highest BCUT2D eigenvalue weighted by atomic mass is 35.5. The molecule has 0 aliphatic carbocycles. The second kappa shape index (κ2) is 6.67. The van der Waals surface area contributed by atoms with Crippen molar-refractivity contribution in [2.75, 3.05) is 0 Å². The zero-order valence-electron chi connectivity index (χ0n) is 9.49. The molecule has 0 bridgehead atoms. The normalized spacial score (nSPS) is 13.5. The lowest BCUT2D eigenvalue weighted by Gasteiger charge is -2.12. The number of hydrogen-bond donors (Lipinski definition) is 1. The molecule has 1 aromatic rings. The van der Waals surface area contributed by atoms with Crippen molar-refractivity contribution in [1.82, 2.24) is 0 Å². The van der Waals surface area contributed by atoms with Gasteiger partial charge in [0.25, 0.3) is 0 Å². The molecule has 92 valence electrons. The molecule has 1 N–H and O–H groups in total. The Balaban J connectivity index is 2.77. The van der Waals surface area contributed by atoms with Gasteiger partial charge in [-0.05, 0) is 37.5 Å². The maximum absolute atomic E-state index is 11.1. The molecule has 0 radical (unpaired) electrons. The van der Waals surface area contributed by atoms with Gasteiger partial charge in [-0.3, -0.25) is 4.79 Å². The molecular formula is C13H14Cl2O2. The fraction of sp³-hybridized carbons (Fsp3) is 0.308. The zero-order valence-corrected chi connectivity index (χ0v) is 11.0. The Morgan fingerprint density at radius 3 is 2.76 bits per heavy atom. The maximum Gasteiger partial charge on any atom is 0.307 e. The number of aliphatic carboxylic acids is 1. The lowest BCUT2D eigenvalue weighted by atomic mass is 9.93. The SMILES string of the molecule is C/C(=C/Cl)CC(Cc1cccc(Cl)c1)C(=O)O. The molecule has 0 aliphatic heterocycles. The maximum atomic E-state index is 11.1. The molecule has 0 fully saturated rings. The van der Waals surface area contributed by atoms with E-state index in [2.05, 4.69) is 0 Å². The molecule has 1 atom stereocenters. The highest BCUT2D eigenvalue weighted by Gasteiger charge is 2.18. The Morgan fingerprint density at radius 1 is 1.53 bits per heavy atom. The third-order valence-corrected chi connectivity index (χ3v) is 3.08. The molecule has 17 heavy (non-hydrogen) atoms. The molecule has 0 aromatic heterocycles. The molecular weight excluding hydrogens is 259 g/mol. The van der Waals surface area contributed by atoms with Gasteiger partial charge >= 0.3 is 5.97 Å². The summed E-state index contributed by atoms with van der Waals surface area (Å²) in [6, 6.07) is 7.25. The molecule has 0 aliphatic rings. The monoisotopic (exact) mass is 272 g/mol. The summed E-state index contributed by atoms with van der Waals surface area (Å²) in [6.45, 7) is 1.82. The summed E-state index contributed by atoms with van der Waals surface area (Å²) in [5, 5.41) is 9.77. The number of carboxylic acid groups (broad SMARTS) is 1. The van der Waals surface area contributed by atoms with Gasteiger partial charge in [0.1, 0.15) is 0 Å². The van der Waals surface area contributed by atoms with Gasteiger partial charge < -0.3 is 5.11 Å². The van der Waals surface area contributed by atoms with Gasteiger partial charge in [-0.25, -0.2) is 0 Å². The van der Waals surface area contributed by atoms with Crippen LogP contribution in [-0.2, 0) is 11.2 Å². The van der Waals surface area contributed by atoms with Gasteiger partial charge in [-0.15, -0.1) is 0 Å².